The predicted octanol–water partition coefficient (Wildman–Crippen LogP) is 3.26. The summed E-state index contributed by atoms with van der Waals surface area (Å²) in [6, 6.07) is 6.28. The highest BCUT2D eigenvalue weighted by atomic mass is 79.9. The van der Waals surface area contributed by atoms with Crippen molar-refractivity contribution in [3.8, 4) is 0 Å². The molecule has 0 radical (unpaired) electrons. The van der Waals surface area contributed by atoms with Crippen molar-refractivity contribution in [3.05, 3.63) is 58.1 Å². The second kappa shape index (κ2) is 6.12. The molecule has 0 saturated carbocycles. The Kier molecular flexibility index (Phi) is 4.50. The Morgan fingerprint density at radius 3 is 2.84 bits per heavy atom. The number of pyridine rings is 1. The lowest BCUT2D eigenvalue weighted by Crippen LogP contribution is -2.24. The highest BCUT2D eigenvalue weighted by Crippen LogP contribution is 2.29. The van der Waals surface area contributed by atoms with Crippen molar-refractivity contribution >= 4 is 21.6 Å². The first-order chi connectivity index (χ1) is 9.13. The van der Waals surface area contributed by atoms with Crippen LogP contribution < -0.4 is 11.1 Å². The van der Waals surface area contributed by atoms with Gasteiger partial charge in [-0.25, -0.2) is 4.39 Å². The maximum Gasteiger partial charge on any atom is 0.128 e. The van der Waals surface area contributed by atoms with Crippen molar-refractivity contribution < 1.29 is 4.39 Å². The highest BCUT2D eigenvalue weighted by molar-refractivity contribution is 9.10. The fraction of sp³-hybridized carbons (Fsp3) is 0.214. The van der Waals surface area contributed by atoms with Crippen molar-refractivity contribution in [2.24, 2.45) is 0 Å². The van der Waals surface area contributed by atoms with Crippen LogP contribution >= 0.6 is 15.9 Å². The summed E-state index contributed by atoms with van der Waals surface area (Å²) in [6.07, 6.45) is 3.29. The van der Waals surface area contributed by atoms with Gasteiger partial charge in [-0.2, -0.15) is 0 Å². The van der Waals surface area contributed by atoms with E-state index in [1.54, 1.807) is 30.6 Å². The van der Waals surface area contributed by atoms with E-state index in [-0.39, 0.29) is 11.9 Å². The standard InChI is InChI=1S/C14H15BrFN3/c1-2-19-14(11-8-18-6-5-13(11)17)10-7-9(15)3-4-12(10)16/h3-8,14,19H,2H2,1H3,(H2,17,18). The average molecular weight is 324 g/mol. The summed E-state index contributed by atoms with van der Waals surface area (Å²) in [6.45, 7) is 2.67. The first-order valence-corrected chi connectivity index (χ1v) is 6.80. The predicted molar refractivity (Wildman–Crippen MR) is 78.3 cm³/mol. The number of halogens is 2. The molecule has 5 heteroatoms. The number of rotatable bonds is 4. The largest absolute Gasteiger partial charge is 0.398 e. The molecular formula is C14H15BrFN3. The second-order valence-corrected chi connectivity index (χ2v) is 5.08. The average Bonchev–Trinajstić information content (AvgIpc) is 2.40. The first-order valence-electron chi connectivity index (χ1n) is 6.01. The van der Waals surface area contributed by atoms with Gasteiger partial charge >= 0.3 is 0 Å². The van der Waals surface area contributed by atoms with Gasteiger partial charge in [0.05, 0.1) is 6.04 Å². The van der Waals surface area contributed by atoms with Crippen LogP contribution in [0.2, 0.25) is 0 Å². The van der Waals surface area contributed by atoms with Gasteiger partial charge in [0, 0.05) is 33.7 Å². The number of hydrogen-bond acceptors (Lipinski definition) is 3. The SMILES string of the molecule is CCNC(c1cnccc1N)c1cc(Br)ccc1F. The van der Waals surface area contributed by atoms with Gasteiger partial charge < -0.3 is 11.1 Å². The zero-order valence-corrected chi connectivity index (χ0v) is 12.1. The normalized spacial score (nSPS) is 12.4. The van der Waals surface area contributed by atoms with Crippen LogP contribution in [0.5, 0.6) is 0 Å². The summed E-state index contributed by atoms with van der Waals surface area (Å²) in [5.41, 5.74) is 7.89. The lowest BCUT2D eigenvalue weighted by Gasteiger charge is -2.21. The molecule has 1 aromatic carbocycles. The number of benzene rings is 1. The van der Waals surface area contributed by atoms with Crippen LogP contribution in [-0.4, -0.2) is 11.5 Å². The molecule has 2 aromatic rings. The molecule has 0 bridgehead atoms. The van der Waals surface area contributed by atoms with E-state index >= 15 is 0 Å². The number of anilines is 1. The summed E-state index contributed by atoms with van der Waals surface area (Å²) in [7, 11) is 0. The van der Waals surface area contributed by atoms with Gasteiger partial charge in [-0.15, -0.1) is 0 Å². The number of nitrogens with two attached hydrogens (primary N) is 1. The zero-order chi connectivity index (χ0) is 13.8. The first kappa shape index (κ1) is 14.0. The third-order valence-corrected chi connectivity index (χ3v) is 3.37. The smallest absolute Gasteiger partial charge is 0.128 e. The third kappa shape index (κ3) is 3.11. The number of aromatic nitrogens is 1. The summed E-state index contributed by atoms with van der Waals surface area (Å²) in [5.74, 6) is -0.266. The van der Waals surface area contributed by atoms with Crippen LogP contribution in [0.3, 0.4) is 0 Å². The number of nitrogens with one attached hydrogen (secondary N) is 1. The van der Waals surface area contributed by atoms with Crippen LogP contribution in [0.25, 0.3) is 0 Å². The van der Waals surface area contributed by atoms with Crippen molar-refractivity contribution in [1.29, 1.82) is 0 Å². The fourth-order valence-corrected chi connectivity index (χ4v) is 2.36. The number of nitrogens with zero attached hydrogens (tertiary/aromatic N) is 1. The van der Waals surface area contributed by atoms with Crippen molar-refractivity contribution in [1.82, 2.24) is 10.3 Å². The van der Waals surface area contributed by atoms with Gasteiger partial charge in [0.15, 0.2) is 0 Å². The van der Waals surface area contributed by atoms with Crippen LogP contribution in [0.4, 0.5) is 10.1 Å². The Balaban J connectivity index is 2.51. The van der Waals surface area contributed by atoms with E-state index in [2.05, 4.69) is 26.2 Å². The minimum Gasteiger partial charge on any atom is -0.398 e. The monoisotopic (exact) mass is 323 g/mol. The van der Waals surface area contributed by atoms with Gasteiger partial charge in [0.1, 0.15) is 5.82 Å². The van der Waals surface area contributed by atoms with Gasteiger partial charge in [-0.3, -0.25) is 4.98 Å². The van der Waals surface area contributed by atoms with E-state index in [4.69, 9.17) is 5.73 Å². The molecule has 19 heavy (non-hydrogen) atoms. The summed E-state index contributed by atoms with van der Waals surface area (Å²) in [4.78, 5) is 4.07. The molecule has 0 spiro atoms. The second-order valence-electron chi connectivity index (χ2n) is 4.16. The minimum absolute atomic E-state index is 0.266. The van der Waals surface area contributed by atoms with Crippen molar-refractivity contribution in [2.45, 2.75) is 13.0 Å². The molecule has 3 N–H and O–H groups in total. The topological polar surface area (TPSA) is 50.9 Å². The van der Waals surface area contributed by atoms with E-state index in [0.717, 1.165) is 10.0 Å². The Morgan fingerprint density at radius 2 is 2.16 bits per heavy atom. The Morgan fingerprint density at radius 1 is 1.37 bits per heavy atom. The van der Waals surface area contributed by atoms with Crippen LogP contribution in [0, 0.1) is 5.82 Å². The minimum atomic E-state index is -0.309. The Bertz CT molecular complexity index is 574. The van der Waals surface area contributed by atoms with Gasteiger partial charge in [-0.1, -0.05) is 22.9 Å². The molecule has 0 aliphatic heterocycles. The molecule has 3 nitrogen and oxygen atoms in total. The molecule has 1 heterocycles. The van der Waals surface area contributed by atoms with Gasteiger partial charge in [-0.05, 0) is 30.8 Å². The molecule has 0 aliphatic rings. The van der Waals surface area contributed by atoms with E-state index < -0.39 is 0 Å². The lowest BCUT2D eigenvalue weighted by molar-refractivity contribution is 0.558. The van der Waals surface area contributed by atoms with Crippen molar-refractivity contribution in [3.63, 3.8) is 0 Å². The Hall–Kier alpha value is -1.46. The van der Waals surface area contributed by atoms with Crippen LogP contribution in [0.15, 0.2) is 41.1 Å². The van der Waals surface area contributed by atoms with E-state index in [9.17, 15) is 4.39 Å². The molecular weight excluding hydrogens is 309 g/mol. The quantitative estimate of drug-likeness (QED) is 0.908. The Labute approximate surface area is 120 Å². The van der Waals surface area contributed by atoms with Gasteiger partial charge in [0.2, 0.25) is 0 Å². The molecule has 1 atom stereocenters. The maximum atomic E-state index is 14.0. The van der Waals surface area contributed by atoms with Crippen molar-refractivity contribution in [2.75, 3.05) is 12.3 Å². The summed E-state index contributed by atoms with van der Waals surface area (Å²) < 4.78 is 14.9. The zero-order valence-electron chi connectivity index (χ0n) is 10.5. The fourth-order valence-electron chi connectivity index (χ4n) is 1.99. The molecule has 100 valence electrons. The van der Waals surface area contributed by atoms with E-state index in [1.807, 2.05) is 6.92 Å². The molecule has 0 amide bonds. The molecule has 2 rings (SSSR count). The van der Waals surface area contributed by atoms with Crippen LogP contribution in [0.1, 0.15) is 24.1 Å². The molecule has 1 aromatic heterocycles. The molecule has 1 unspecified atom stereocenters. The lowest BCUT2D eigenvalue weighted by atomic mass is 9.98. The van der Waals surface area contributed by atoms with Gasteiger partial charge in [0.25, 0.3) is 0 Å². The third-order valence-electron chi connectivity index (χ3n) is 2.88. The molecule has 0 saturated heterocycles. The summed E-state index contributed by atoms with van der Waals surface area (Å²) >= 11 is 3.37. The highest BCUT2D eigenvalue weighted by Gasteiger charge is 2.19. The maximum absolute atomic E-state index is 14.0. The molecule has 0 aliphatic carbocycles. The number of nitrogen functional groups attached to an aromatic ring is 1. The van der Waals surface area contributed by atoms with E-state index in [1.165, 1.54) is 6.07 Å². The van der Waals surface area contributed by atoms with Crippen LogP contribution in [-0.2, 0) is 0 Å². The van der Waals surface area contributed by atoms with E-state index in [0.29, 0.717) is 17.8 Å². The number of hydrogen-bond donors (Lipinski definition) is 2. The summed E-state index contributed by atoms with van der Waals surface area (Å²) in [5, 5.41) is 3.24. The molecule has 0 fully saturated rings.